The molecule has 0 amide bonds. The summed E-state index contributed by atoms with van der Waals surface area (Å²) >= 11 is 5.16. The van der Waals surface area contributed by atoms with Gasteiger partial charge in [-0.1, -0.05) is 35.0 Å². The molecule has 4 heteroatoms. The van der Waals surface area contributed by atoms with E-state index in [1.165, 1.54) is 5.56 Å². The lowest BCUT2D eigenvalue weighted by Gasteiger charge is -2.16. The highest BCUT2D eigenvalue weighted by molar-refractivity contribution is 9.10. The first-order valence-corrected chi connectivity index (χ1v) is 7.36. The summed E-state index contributed by atoms with van der Waals surface area (Å²) in [4.78, 5) is 4.41. The molecule has 0 bridgehead atoms. The predicted molar refractivity (Wildman–Crippen MR) is 76.4 cm³/mol. The molecule has 0 aliphatic rings. The smallest absolute Gasteiger partial charge is 0.114 e. The monoisotopic (exact) mass is 310 g/mol. The van der Waals surface area contributed by atoms with Gasteiger partial charge in [0.15, 0.2) is 0 Å². The summed E-state index contributed by atoms with van der Waals surface area (Å²) in [5, 5.41) is 6.69. The van der Waals surface area contributed by atoms with Crippen molar-refractivity contribution in [2.45, 2.75) is 19.4 Å². The van der Waals surface area contributed by atoms with E-state index in [2.05, 4.69) is 57.4 Å². The van der Waals surface area contributed by atoms with Crippen LogP contribution in [0.5, 0.6) is 0 Å². The number of benzene rings is 1. The first kappa shape index (κ1) is 12.7. The average molecular weight is 311 g/mol. The van der Waals surface area contributed by atoms with Gasteiger partial charge in [-0.3, -0.25) is 0 Å². The molecular weight excluding hydrogens is 296 g/mol. The van der Waals surface area contributed by atoms with Gasteiger partial charge in [-0.2, -0.15) is 0 Å². The van der Waals surface area contributed by atoms with Gasteiger partial charge < -0.3 is 5.32 Å². The van der Waals surface area contributed by atoms with Crippen LogP contribution < -0.4 is 5.32 Å². The summed E-state index contributed by atoms with van der Waals surface area (Å²) in [7, 11) is 0. The number of nitrogens with one attached hydrogen (secondary N) is 1. The van der Waals surface area contributed by atoms with Gasteiger partial charge in [0.2, 0.25) is 0 Å². The van der Waals surface area contributed by atoms with Crippen LogP contribution in [0.1, 0.15) is 30.0 Å². The van der Waals surface area contributed by atoms with Crippen LogP contribution in [0.25, 0.3) is 0 Å². The first-order chi connectivity index (χ1) is 8.31. The number of nitrogens with zero attached hydrogens (tertiary/aromatic N) is 1. The van der Waals surface area contributed by atoms with Gasteiger partial charge in [-0.05, 0) is 30.7 Å². The highest BCUT2D eigenvalue weighted by Gasteiger charge is 2.15. The molecule has 0 saturated carbocycles. The highest BCUT2D eigenvalue weighted by Crippen LogP contribution is 2.25. The Morgan fingerprint density at radius 2 is 2.12 bits per heavy atom. The molecule has 0 radical (unpaired) electrons. The minimum atomic E-state index is 0.211. The lowest BCUT2D eigenvalue weighted by molar-refractivity contribution is 0.596. The Bertz CT molecular complexity index is 439. The minimum absolute atomic E-state index is 0.211. The third-order valence-corrected chi connectivity index (χ3v) is 3.87. The van der Waals surface area contributed by atoms with Gasteiger partial charge in [-0.15, -0.1) is 11.3 Å². The van der Waals surface area contributed by atoms with E-state index < -0.39 is 0 Å². The number of hydrogen-bond acceptors (Lipinski definition) is 3. The predicted octanol–water partition coefficient (Wildman–Crippen LogP) is 3.99. The number of aromatic nitrogens is 1. The molecule has 2 nitrogen and oxygen atoms in total. The quantitative estimate of drug-likeness (QED) is 0.903. The van der Waals surface area contributed by atoms with Crippen molar-refractivity contribution in [2.24, 2.45) is 0 Å². The van der Waals surface area contributed by atoms with E-state index >= 15 is 0 Å². The number of hydrogen-bond donors (Lipinski definition) is 1. The molecule has 0 fully saturated rings. The van der Waals surface area contributed by atoms with Crippen molar-refractivity contribution in [3.8, 4) is 0 Å². The fraction of sp³-hybridized carbons (Fsp3) is 0.308. The topological polar surface area (TPSA) is 24.9 Å². The van der Waals surface area contributed by atoms with Crippen LogP contribution in [0.15, 0.2) is 40.3 Å². The van der Waals surface area contributed by atoms with E-state index in [-0.39, 0.29) is 6.04 Å². The highest BCUT2D eigenvalue weighted by atomic mass is 79.9. The number of rotatable bonds is 5. The molecule has 90 valence electrons. The molecule has 0 spiro atoms. The molecule has 2 aromatic rings. The maximum atomic E-state index is 4.41. The Labute approximate surface area is 114 Å². The SMILES string of the molecule is CCCNC(c1ccc(Br)cc1)c1nccs1. The van der Waals surface area contributed by atoms with Crippen molar-refractivity contribution in [1.82, 2.24) is 10.3 Å². The summed E-state index contributed by atoms with van der Waals surface area (Å²) in [5.74, 6) is 0. The van der Waals surface area contributed by atoms with Gasteiger partial charge in [0.25, 0.3) is 0 Å². The van der Waals surface area contributed by atoms with Crippen molar-refractivity contribution < 1.29 is 0 Å². The Kier molecular flexibility index (Phi) is 4.71. The van der Waals surface area contributed by atoms with Crippen LogP contribution in [-0.4, -0.2) is 11.5 Å². The molecule has 17 heavy (non-hydrogen) atoms. The molecule has 1 aromatic heterocycles. The molecule has 0 saturated heterocycles. The van der Waals surface area contributed by atoms with Crippen LogP contribution in [0, 0.1) is 0 Å². The van der Waals surface area contributed by atoms with Gasteiger partial charge >= 0.3 is 0 Å². The lowest BCUT2D eigenvalue weighted by Crippen LogP contribution is -2.22. The minimum Gasteiger partial charge on any atom is -0.304 e. The number of thiazole rings is 1. The van der Waals surface area contributed by atoms with Crippen molar-refractivity contribution in [3.05, 3.63) is 50.9 Å². The van der Waals surface area contributed by atoms with E-state index in [4.69, 9.17) is 0 Å². The molecule has 1 unspecified atom stereocenters. The van der Waals surface area contributed by atoms with Gasteiger partial charge in [0.05, 0.1) is 6.04 Å². The lowest BCUT2D eigenvalue weighted by atomic mass is 10.1. The van der Waals surface area contributed by atoms with Crippen LogP contribution >= 0.6 is 27.3 Å². The summed E-state index contributed by atoms with van der Waals surface area (Å²) in [6.45, 7) is 3.17. The van der Waals surface area contributed by atoms with Crippen LogP contribution in [0.2, 0.25) is 0 Å². The van der Waals surface area contributed by atoms with Crippen molar-refractivity contribution >= 4 is 27.3 Å². The summed E-state index contributed by atoms with van der Waals surface area (Å²) < 4.78 is 1.11. The standard InChI is InChI=1S/C13H15BrN2S/c1-2-7-15-12(13-16-8-9-17-13)10-3-5-11(14)6-4-10/h3-6,8-9,12,15H,2,7H2,1H3. The molecule has 1 atom stereocenters. The second-order valence-electron chi connectivity index (χ2n) is 3.81. The number of halogens is 1. The van der Waals surface area contributed by atoms with Crippen LogP contribution in [-0.2, 0) is 0 Å². The van der Waals surface area contributed by atoms with E-state index in [0.717, 1.165) is 22.4 Å². The van der Waals surface area contributed by atoms with E-state index in [0.29, 0.717) is 0 Å². The summed E-state index contributed by atoms with van der Waals surface area (Å²) in [6.07, 6.45) is 2.98. The van der Waals surface area contributed by atoms with Crippen molar-refractivity contribution in [1.29, 1.82) is 0 Å². The normalized spacial score (nSPS) is 12.6. The van der Waals surface area contributed by atoms with Crippen LogP contribution in [0.4, 0.5) is 0 Å². The zero-order chi connectivity index (χ0) is 12.1. The molecular formula is C13H15BrN2S. The van der Waals surface area contributed by atoms with Gasteiger partial charge in [-0.25, -0.2) is 4.98 Å². The fourth-order valence-corrected chi connectivity index (χ4v) is 2.67. The van der Waals surface area contributed by atoms with Crippen molar-refractivity contribution in [2.75, 3.05) is 6.54 Å². The van der Waals surface area contributed by atoms with E-state index in [1.807, 2.05) is 11.6 Å². The Morgan fingerprint density at radius 3 is 2.71 bits per heavy atom. The van der Waals surface area contributed by atoms with E-state index in [1.54, 1.807) is 11.3 Å². The van der Waals surface area contributed by atoms with Crippen LogP contribution in [0.3, 0.4) is 0 Å². The van der Waals surface area contributed by atoms with Crippen molar-refractivity contribution in [3.63, 3.8) is 0 Å². The fourth-order valence-electron chi connectivity index (χ4n) is 1.67. The molecule has 2 rings (SSSR count). The zero-order valence-corrected chi connectivity index (χ0v) is 12.1. The third-order valence-electron chi connectivity index (χ3n) is 2.50. The largest absolute Gasteiger partial charge is 0.304 e. The Balaban J connectivity index is 2.23. The second-order valence-corrected chi connectivity index (χ2v) is 5.65. The third kappa shape index (κ3) is 3.37. The maximum absolute atomic E-state index is 4.41. The maximum Gasteiger partial charge on any atom is 0.114 e. The van der Waals surface area contributed by atoms with Gasteiger partial charge in [0, 0.05) is 16.0 Å². The van der Waals surface area contributed by atoms with Gasteiger partial charge in [0.1, 0.15) is 5.01 Å². The zero-order valence-electron chi connectivity index (χ0n) is 9.69. The Morgan fingerprint density at radius 1 is 1.35 bits per heavy atom. The molecule has 1 N–H and O–H groups in total. The van der Waals surface area contributed by atoms with E-state index in [9.17, 15) is 0 Å². The molecule has 1 aromatic carbocycles. The molecule has 0 aliphatic heterocycles. The average Bonchev–Trinajstić information content (AvgIpc) is 2.85. The second kappa shape index (κ2) is 6.28. The first-order valence-electron chi connectivity index (χ1n) is 5.69. The summed E-state index contributed by atoms with van der Waals surface area (Å²) in [6, 6.07) is 8.63. The molecule has 0 aliphatic carbocycles. The molecule has 1 heterocycles. The summed E-state index contributed by atoms with van der Waals surface area (Å²) in [5.41, 5.74) is 1.26. The Hall–Kier alpha value is -0.710.